The van der Waals surface area contributed by atoms with E-state index >= 15 is 0 Å². The average molecular weight is 350 g/mol. The molecule has 0 atom stereocenters. The highest BCUT2D eigenvalue weighted by Crippen LogP contribution is 2.30. The van der Waals surface area contributed by atoms with Crippen molar-refractivity contribution in [2.45, 2.75) is 31.7 Å². The van der Waals surface area contributed by atoms with Crippen molar-refractivity contribution in [3.05, 3.63) is 60.2 Å². The summed E-state index contributed by atoms with van der Waals surface area (Å²) in [6.07, 6.45) is 4.91. The Labute approximate surface area is 155 Å². The van der Waals surface area contributed by atoms with Crippen LogP contribution in [-0.2, 0) is 0 Å². The van der Waals surface area contributed by atoms with Crippen LogP contribution in [0.2, 0.25) is 0 Å². The number of ether oxygens (including phenoxy) is 1. The first-order chi connectivity index (χ1) is 12.8. The summed E-state index contributed by atoms with van der Waals surface area (Å²) < 4.78 is 5.77. The Morgan fingerprint density at radius 1 is 0.923 bits per heavy atom. The van der Waals surface area contributed by atoms with Crippen LogP contribution in [0.4, 0.5) is 0 Å². The zero-order chi connectivity index (χ0) is 17.8. The third-order valence-electron chi connectivity index (χ3n) is 5.23. The lowest BCUT2D eigenvalue weighted by molar-refractivity contribution is 0.0909. The molecule has 2 fully saturated rings. The van der Waals surface area contributed by atoms with Gasteiger partial charge in [-0.25, -0.2) is 0 Å². The number of rotatable bonds is 6. The van der Waals surface area contributed by atoms with E-state index in [-0.39, 0.29) is 11.9 Å². The van der Waals surface area contributed by atoms with Crippen LogP contribution in [-0.4, -0.2) is 36.5 Å². The Bertz CT molecular complexity index is 718. The van der Waals surface area contributed by atoms with Crippen LogP contribution in [0.1, 0.15) is 36.0 Å². The number of hydrogen-bond donors (Lipinski definition) is 1. The number of nitrogens with one attached hydrogen (secondary N) is 1. The summed E-state index contributed by atoms with van der Waals surface area (Å²) in [5.41, 5.74) is 0.686. The topological polar surface area (TPSA) is 41.6 Å². The highest BCUT2D eigenvalue weighted by atomic mass is 16.5. The van der Waals surface area contributed by atoms with Gasteiger partial charge in [-0.3, -0.25) is 4.79 Å². The number of likely N-dealkylation sites (tertiary alicyclic amines) is 1. The van der Waals surface area contributed by atoms with Crippen LogP contribution in [0.15, 0.2) is 54.6 Å². The molecule has 2 aliphatic rings. The Kier molecular flexibility index (Phi) is 5.21. The van der Waals surface area contributed by atoms with E-state index < -0.39 is 0 Å². The number of carbonyl (C=O) groups excluding carboxylic acids is 1. The molecule has 4 rings (SSSR count). The molecule has 2 aromatic carbocycles. The number of nitrogens with zero attached hydrogens (tertiary/aromatic N) is 1. The maximum Gasteiger partial charge on any atom is 0.251 e. The second kappa shape index (κ2) is 7.92. The van der Waals surface area contributed by atoms with Crippen molar-refractivity contribution in [1.29, 1.82) is 0 Å². The van der Waals surface area contributed by atoms with Crippen molar-refractivity contribution in [2.24, 2.45) is 5.92 Å². The Morgan fingerprint density at radius 2 is 1.58 bits per heavy atom. The molecular formula is C22H26N2O2. The first-order valence-electron chi connectivity index (χ1n) is 9.62. The molecule has 0 spiro atoms. The van der Waals surface area contributed by atoms with Gasteiger partial charge in [-0.15, -0.1) is 0 Å². The van der Waals surface area contributed by atoms with E-state index in [1.807, 2.05) is 54.6 Å². The lowest BCUT2D eigenvalue weighted by atomic mass is 10.0. The van der Waals surface area contributed by atoms with Crippen molar-refractivity contribution >= 4 is 5.91 Å². The van der Waals surface area contributed by atoms with Crippen LogP contribution in [0.5, 0.6) is 11.5 Å². The molecular weight excluding hydrogens is 324 g/mol. The highest BCUT2D eigenvalue weighted by molar-refractivity contribution is 5.94. The van der Waals surface area contributed by atoms with Crippen molar-refractivity contribution in [3.8, 4) is 11.5 Å². The second-order valence-corrected chi connectivity index (χ2v) is 7.43. The average Bonchev–Trinajstić information content (AvgIpc) is 3.49. The van der Waals surface area contributed by atoms with Crippen LogP contribution in [0, 0.1) is 5.92 Å². The molecule has 4 heteroatoms. The fourth-order valence-electron chi connectivity index (χ4n) is 3.49. The van der Waals surface area contributed by atoms with E-state index in [2.05, 4.69) is 10.2 Å². The van der Waals surface area contributed by atoms with Gasteiger partial charge in [0.05, 0.1) is 0 Å². The summed E-state index contributed by atoms with van der Waals surface area (Å²) in [6, 6.07) is 17.3. The van der Waals surface area contributed by atoms with E-state index in [4.69, 9.17) is 4.74 Å². The minimum absolute atomic E-state index is 0.0110. The molecule has 0 bridgehead atoms. The predicted molar refractivity (Wildman–Crippen MR) is 103 cm³/mol. The number of para-hydroxylation sites is 1. The highest BCUT2D eigenvalue weighted by Gasteiger charge is 2.27. The summed E-state index contributed by atoms with van der Waals surface area (Å²) in [4.78, 5) is 15.0. The smallest absolute Gasteiger partial charge is 0.251 e. The number of hydrogen-bond acceptors (Lipinski definition) is 3. The van der Waals surface area contributed by atoms with E-state index in [9.17, 15) is 4.79 Å². The normalized spacial score (nSPS) is 18.5. The molecule has 1 N–H and O–H groups in total. The van der Waals surface area contributed by atoms with Crippen LogP contribution in [0.25, 0.3) is 0 Å². The van der Waals surface area contributed by atoms with Gasteiger partial charge in [-0.1, -0.05) is 18.2 Å². The molecule has 1 amide bonds. The Morgan fingerprint density at radius 3 is 2.23 bits per heavy atom. The molecule has 26 heavy (non-hydrogen) atoms. The van der Waals surface area contributed by atoms with Gasteiger partial charge < -0.3 is 15.0 Å². The molecule has 1 aliphatic heterocycles. The minimum Gasteiger partial charge on any atom is -0.457 e. The molecule has 1 saturated heterocycles. The van der Waals surface area contributed by atoms with E-state index in [0.29, 0.717) is 5.56 Å². The molecule has 0 radical (unpaired) electrons. The van der Waals surface area contributed by atoms with E-state index in [0.717, 1.165) is 43.3 Å². The first kappa shape index (κ1) is 17.1. The van der Waals surface area contributed by atoms with Gasteiger partial charge in [0.1, 0.15) is 11.5 Å². The first-order valence-corrected chi connectivity index (χ1v) is 9.62. The molecule has 1 saturated carbocycles. The Balaban J connectivity index is 1.26. The summed E-state index contributed by atoms with van der Waals surface area (Å²) >= 11 is 0. The number of amides is 1. The van der Waals surface area contributed by atoms with Crippen molar-refractivity contribution < 1.29 is 9.53 Å². The van der Waals surface area contributed by atoms with Gasteiger partial charge in [0.2, 0.25) is 0 Å². The summed E-state index contributed by atoms with van der Waals surface area (Å²) in [6.45, 7) is 3.46. The molecule has 1 aliphatic carbocycles. The summed E-state index contributed by atoms with van der Waals surface area (Å²) in [5, 5.41) is 3.19. The maximum atomic E-state index is 12.5. The number of benzene rings is 2. The number of carbonyl (C=O) groups is 1. The molecule has 2 aromatic rings. The molecule has 4 nitrogen and oxygen atoms in total. The molecule has 0 unspecified atom stereocenters. The van der Waals surface area contributed by atoms with Gasteiger partial charge in [-0.2, -0.15) is 0 Å². The summed E-state index contributed by atoms with van der Waals surface area (Å²) in [5.74, 6) is 2.48. The zero-order valence-electron chi connectivity index (χ0n) is 15.1. The Hall–Kier alpha value is -2.33. The predicted octanol–water partition coefficient (Wildman–Crippen LogP) is 4.08. The summed E-state index contributed by atoms with van der Waals surface area (Å²) in [7, 11) is 0. The largest absolute Gasteiger partial charge is 0.457 e. The minimum atomic E-state index is 0.0110. The fourth-order valence-corrected chi connectivity index (χ4v) is 3.49. The van der Waals surface area contributed by atoms with Crippen molar-refractivity contribution in [2.75, 3.05) is 19.6 Å². The molecule has 136 valence electrons. The molecule has 1 heterocycles. The number of piperidine rings is 1. The van der Waals surface area contributed by atoms with Gasteiger partial charge in [-0.05, 0) is 68.0 Å². The fraction of sp³-hybridized carbons (Fsp3) is 0.409. The van der Waals surface area contributed by atoms with Crippen molar-refractivity contribution in [3.63, 3.8) is 0 Å². The third-order valence-corrected chi connectivity index (χ3v) is 5.23. The quantitative estimate of drug-likeness (QED) is 0.853. The monoisotopic (exact) mass is 350 g/mol. The maximum absolute atomic E-state index is 12.5. The third kappa shape index (κ3) is 4.64. The van der Waals surface area contributed by atoms with Crippen LogP contribution < -0.4 is 10.1 Å². The van der Waals surface area contributed by atoms with E-state index in [1.54, 1.807) is 0 Å². The van der Waals surface area contributed by atoms with Crippen molar-refractivity contribution in [1.82, 2.24) is 10.2 Å². The van der Waals surface area contributed by atoms with Gasteiger partial charge in [0.15, 0.2) is 0 Å². The molecule has 0 aromatic heterocycles. The SMILES string of the molecule is O=C(NC1CCN(CC2CC2)CC1)c1ccc(Oc2ccccc2)cc1. The lowest BCUT2D eigenvalue weighted by Gasteiger charge is -2.32. The zero-order valence-corrected chi connectivity index (χ0v) is 15.1. The van der Waals surface area contributed by atoms with Crippen LogP contribution >= 0.6 is 0 Å². The standard InChI is InChI=1S/C22H26N2O2/c25-22(23-19-12-14-24(15-13-19)16-17-6-7-17)18-8-10-21(11-9-18)26-20-4-2-1-3-5-20/h1-5,8-11,17,19H,6-7,12-16H2,(H,23,25). The second-order valence-electron chi connectivity index (χ2n) is 7.43. The lowest BCUT2D eigenvalue weighted by Crippen LogP contribution is -2.45. The van der Waals surface area contributed by atoms with Gasteiger partial charge in [0.25, 0.3) is 5.91 Å². The van der Waals surface area contributed by atoms with Gasteiger partial charge in [0, 0.05) is 31.2 Å². The van der Waals surface area contributed by atoms with E-state index in [1.165, 1.54) is 19.4 Å². The van der Waals surface area contributed by atoms with Gasteiger partial charge >= 0.3 is 0 Å². The van der Waals surface area contributed by atoms with Crippen LogP contribution in [0.3, 0.4) is 0 Å².